The predicted octanol–water partition coefficient (Wildman–Crippen LogP) is 2.55. The Morgan fingerprint density at radius 2 is 2.20 bits per heavy atom. The van der Waals surface area contributed by atoms with Gasteiger partial charge in [0.25, 0.3) is 5.56 Å². The van der Waals surface area contributed by atoms with Crippen LogP contribution >= 0.6 is 27.7 Å². The van der Waals surface area contributed by atoms with E-state index < -0.39 is 0 Å². The average molecular weight is 355 g/mol. The molecule has 1 aromatic heterocycles. The molecule has 0 amide bonds. The van der Waals surface area contributed by atoms with Gasteiger partial charge in [-0.1, -0.05) is 33.8 Å². The Morgan fingerprint density at radius 3 is 2.80 bits per heavy atom. The topological polar surface area (TPSA) is 83.8 Å². The van der Waals surface area contributed by atoms with E-state index in [0.717, 1.165) is 9.37 Å². The lowest BCUT2D eigenvalue weighted by atomic mass is 10.1. The third-order valence-corrected chi connectivity index (χ3v) is 4.39. The van der Waals surface area contributed by atoms with E-state index in [1.165, 1.54) is 23.4 Å². The number of aromatic amines is 1. The molecule has 0 aliphatic rings. The van der Waals surface area contributed by atoms with Gasteiger partial charge in [0.1, 0.15) is 5.82 Å². The zero-order chi connectivity index (χ0) is 14.7. The summed E-state index contributed by atoms with van der Waals surface area (Å²) in [6.07, 6.45) is 0. The summed E-state index contributed by atoms with van der Waals surface area (Å²) in [7, 11) is 1.92. The van der Waals surface area contributed by atoms with Crippen molar-refractivity contribution in [1.29, 1.82) is 0 Å². The molecular formula is C13H15BrN4OS. The van der Waals surface area contributed by atoms with E-state index in [0.29, 0.717) is 5.16 Å². The molecule has 0 saturated heterocycles. The van der Waals surface area contributed by atoms with Crippen molar-refractivity contribution in [2.24, 2.45) is 0 Å². The normalized spacial score (nSPS) is 12.3. The van der Waals surface area contributed by atoms with Gasteiger partial charge in [0, 0.05) is 21.5 Å². The van der Waals surface area contributed by atoms with Crippen LogP contribution in [0, 0.1) is 0 Å². The quantitative estimate of drug-likeness (QED) is 0.734. The smallest absolute Gasteiger partial charge is 0.253 e. The van der Waals surface area contributed by atoms with Crippen molar-refractivity contribution in [1.82, 2.24) is 15.3 Å². The summed E-state index contributed by atoms with van der Waals surface area (Å²) in [6, 6.07) is 7.54. The van der Waals surface area contributed by atoms with Crippen LogP contribution in [0.1, 0.15) is 18.5 Å². The van der Waals surface area contributed by atoms with Crippen molar-refractivity contribution >= 4 is 33.5 Å². The lowest BCUT2D eigenvalue weighted by molar-refractivity contribution is 0.649. The molecule has 4 N–H and O–H groups in total. The van der Waals surface area contributed by atoms with Crippen molar-refractivity contribution in [3.05, 3.63) is 44.7 Å². The van der Waals surface area contributed by atoms with Crippen molar-refractivity contribution in [3.63, 3.8) is 0 Å². The number of nitrogens with zero attached hydrogens (tertiary/aromatic N) is 1. The third-order valence-electron chi connectivity index (χ3n) is 2.83. The van der Waals surface area contributed by atoms with Gasteiger partial charge in [-0.25, -0.2) is 4.98 Å². The van der Waals surface area contributed by atoms with Crippen molar-refractivity contribution in [2.75, 3.05) is 12.8 Å². The minimum absolute atomic E-state index is 0.218. The van der Waals surface area contributed by atoms with Gasteiger partial charge in [0.05, 0.1) is 0 Å². The van der Waals surface area contributed by atoms with Crippen molar-refractivity contribution < 1.29 is 0 Å². The Kier molecular flexibility index (Phi) is 4.85. The van der Waals surface area contributed by atoms with E-state index in [9.17, 15) is 4.79 Å². The standard InChI is InChI=1S/C13H15BrN4OS/c1-7(16-2)9-4-3-8(5-10(9)14)20-13-17-11(15)6-12(19)18-13/h3-7,16H,1-2H3,(H3,15,17,18,19). The Labute approximate surface area is 129 Å². The van der Waals surface area contributed by atoms with E-state index in [2.05, 4.69) is 38.1 Å². The fourth-order valence-electron chi connectivity index (χ4n) is 1.69. The predicted molar refractivity (Wildman–Crippen MR) is 85.0 cm³/mol. The number of rotatable bonds is 4. The summed E-state index contributed by atoms with van der Waals surface area (Å²) >= 11 is 4.92. The first-order valence-electron chi connectivity index (χ1n) is 6.01. The molecule has 0 bridgehead atoms. The molecule has 0 aliphatic heterocycles. The molecule has 1 heterocycles. The number of hydrogen-bond acceptors (Lipinski definition) is 5. The molecule has 1 unspecified atom stereocenters. The van der Waals surface area contributed by atoms with E-state index in [4.69, 9.17) is 5.73 Å². The number of nitrogens with one attached hydrogen (secondary N) is 2. The molecule has 2 rings (SSSR count). The highest BCUT2D eigenvalue weighted by Gasteiger charge is 2.09. The second-order valence-electron chi connectivity index (χ2n) is 4.27. The molecule has 1 atom stereocenters. The van der Waals surface area contributed by atoms with Crippen LogP contribution in [0.4, 0.5) is 5.82 Å². The Balaban J connectivity index is 2.26. The van der Waals surface area contributed by atoms with Gasteiger partial charge in [0.2, 0.25) is 0 Å². The fraction of sp³-hybridized carbons (Fsp3) is 0.231. The number of hydrogen-bond donors (Lipinski definition) is 3. The lowest BCUT2D eigenvalue weighted by Crippen LogP contribution is -2.12. The molecule has 0 fully saturated rings. The van der Waals surface area contributed by atoms with Crippen LogP contribution in [0.15, 0.2) is 43.6 Å². The maximum atomic E-state index is 11.3. The average Bonchev–Trinajstić information content (AvgIpc) is 2.36. The molecule has 0 saturated carbocycles. The molecule has 7 heteroatoms. The molecular weight excluding hydrogens is 340 g/mol. The van der Waals surface area contributed by atoms with Gasteiger partial charge in [-0.2, -0.15) is 0 Å². The minimum atomic E-state index is -0.250. The Bertz CT molecular complexity index is 674. The largest absolute Gasteiger partial charge is 0.383 e. The molecule has 0 aliphatic carbocycles. The van der Waals surface area contributed by atoms with Crippen LogP contribution in [-0.4, -0.2) is 17.0 Å². The van der Waals surface area contributed by atoms with Crippen LogP contribution < -0.4 is 16.6 Å². The van der Waals surface area contributed by atoms with E-state index >= 15 is 0 Å². The van der Waals surface area contributed by atoms with Crippen LogP contribution in [0.25, 0.3) is 0 Å². The van der Waals surface area contributed by atoms with Gasteiger partial charge < -0.3 is 16.0 Å². The Hall–Kier alpha value is -1.31. The number of aromatic nitrogens is 2. The van der Waals surface area contributed by atoms with Crippen LogP contribution in [-0.2, 0) is 0 Å². The summed E-state index contributed by atoms with van der Waals surface area (Å²) < 4.78 is 1.01. The molecule has 1 aromatic carbocycles. The highest BCUT2D eigenvalue weighted by atomic mass is 79.9. The molecule has 5 nitrogen and oxygen atoms in total. The first-order valence-corrected chi connectivity index (χ1v) is 7.62. The maximum absolute atomic E-state index is 11.3. The molecule has 2 aromatic rings. The second kappa shape index (κ2) is 6.43. The number of anilines is 1. The van der Waals surface area contributed by atoms with Gasteiger partial charge in [0.15, 0.2) is 5.16 Å². The first-order chi connectivity index (χ1) is 9.49. The molecule has 0 spiro atoms. The third kappa shape index (κ3) is 3.62. The highest BCUT2D eigenvalue weighted by molar-refractivity contribution is 9.10. The number of halogens is 1. The summed E-state index contributed by atoms with van der Waals surface area (Å²) in [6.45, 7) is 2.09. The van der Waals surface area contributed by atoms with Gasteiger partial charge in [-0.05, 0) is 31.7 Å². The summed E-state index contributed by atoms with van der Waals surface area (Å²) in [4.78, 5) is 19.1. The van der Waals surface area contributed by atoms with Crippen LogP contribution in [0.3, 0.4) is 0 Å². The zero-order valence-electron chi connectivity index (χ0n) is 11.1. The highest BCUT2D eigenvalue weighted by Crippen LogP contribution is 2.31. The minimum Gasteiger partial charge on any atom is -0.383 e. The van der Waals surface area contributed by atoms with Crippen molar-refractivity contribution in [3.8, 4) is 0 Å². The van der Waals surface area contributed by atoms with E-state index in [1.807, 2.05) is 25.2 Å². The van der Waals surface area contributed by atoms with E-state index in [-0.39, 0.29) is 17.4 Å². The molecule has 0 radical (unpaired) electrons. The van der Waals surface area contributed by atoms with Crippen LogP contribution in [0.5, 0.6) is 0 Å². The number of nitrogen functional groups attached to an aromatic ring is 1. The maximum Gasteiger partial charge on any atom is 0.253 e. The fourth-order valence-corrected chi connectivity index (χ4v) is 3.40. The summed E-state index contributed by atoms with van der Waals surface area (Å²) in [5, 5.41) is 3.68. The van der Waals surface area contributed by atoms with Crippen LogP contribution in [0.2, 0.25) is 0 Å². The molecule has 106 valence electrons. The number of H-pyrrole nitrogens is 1. The second-order valence-corrected chi connectivity index (χ2v) is 6.19. The Morgan fingerprint density at radius 1 is 1.45 bits per heavy atom. The summed E-state index contributed by atoms with van der Waals surface area (Å²) in [5.74, 6) is 0.218. The van der Waals surface area contributed by atoms with E-state index in [1.54, 1.807) is 0 Å². The number of nitrogens with two attached hydrogens (primary N) is 1. The van der Waals surface area contributed by atoms with Gasteiger partial charge in [-0.15, -0.1) is 0 Å². The summed E-state index contributed by atoms with van der Waals surface area (Å²) in [5.41, 5.74) is 6.48. The van der Waals surface area contributed by atoms with Crippen molar-refractivity contribution in [2.45, 2.75) is 23.0 Å². The lowest BCUT2D eigenvalue weighted by Gasteiger charge is -2.13. The monoisotopic (exact) mass is 354 g/mol. The van der Waals surface area contributed by atoms with Gasteiger partial charge >= 0.3 is 0 Å². The SMILES string of the molecule is CNC(C)c1ccc(Sc2nc(N)cc(=O)[nH]2)cc1Br. The molecule has 20 heavy (non-hydrogen) atoms. The number of benzene rings is 1. The first kappa shape index (κ1) is 15.1. The zero-order valence-corrected chi connectivity index (χ0v) is 13.5. The van der Waals surface area contributed by atoms with Gasteiger partial charge in [-0.3, -0.25) is 4.79 Å².